The summed E-state index contributed by atoms with van der Waals surface area (Å²) in [4.78, 5) is 4.50. The van der Waals surface area contributed by atoms with E-state index in [9.17, 15) is 0 Å². The van der Waals surface area contributed by atoms with Crippen LogP contribution in [0.15, 0.2) is 18.2 Å². The number of nitrogens with zero attached hydrogens (tertiary/aromatic N) is 2. The van der Waals surface area contributed by atoms with E-state index < -0.39 is 0 Å². The van der Waals surface area contributed by atoms with E-state index >= 15 is 0 Å². The number of anilines is 1. The quantitative estimate of drug-likeness (QED) is 0.883. The van der Waals surface area contributed by atoms with E-state index in [1.54, 1.807) is 14.2 Å². The predicted octanol–water partition coefficient (Wildman–Crippen LogP) is 3.34. The number of hydrogen-bond acceptors (Lipinski definition) is 6. The predicted molar refractivity (Wildman–Crippen MR) is 83.6 cm³/mol. The Kier molecular flexibility index (Phi) is 5.26. The van der Waals surface area contributed by atoms with Gasteiger partial charge in [-0.15, -0.1) is 0 Å². The van der Waals surface area contributed by atoms with Crippen LogP contribution in [0.25, 0.3) is 0 Å². The molecule has 5 nitrogen and oxygen atoms in total. The highest BCUT2D eigenvalue weighted by molar-refractivity contribution is 7.16. The van der Waals surface area contributed by atoms with E-state index in [0.717, 1.165) is 12.0 Å². The van der Waals surface area contributed by atoms with Crippen LogP contribution in [0, 0.1) is 11.3 Å². The van der Waals surface area contributed by atoms with Crippen LogP contribution in [-0.4, -0.2) is 25.7 Å². The van der Waals surface area contributed by atoms with Gasteiger partial charge in [-0.25, -0.2) is 4.98 Å². The molecule has 21 heavy (non-hydrogen) atoms. The average molecular weight is 324 g/mol. The Balaban J connectivity index is 1.95. The van der Waals surface area contributed by atoms with E-state index in [2.05, 4.69) is 10.3 Å². The molecule has 0 radical (unpaired) electrons. The fraction of sp³-hybridized carbons (Fsp3) is 0.286. The standard InChI is InChI=1S/C14H14ClN3O2S/c1-19-10-4-3-9(7-11(10)20-2)5-6-17-14-18-13(15)12(8-16)21-14/h3-4,7H,5-6H2,1-2H3,(H,17,18). The van der Waals surface area contributed by atoms with Crippen molar-refractivity contribution in [3.63, 3.8) is 0 Å². The van der Waals surface area contributed by atoms with E-state index in [-0.39, 0.29) is 5.15 Å². The second-order valence-corrected chi connectivity index (χ2v) is 5.47. The number of aromatic nitrogens is 1. The minimum Gasteiger partial charge on any atom is -0.493 e. The van der Waals surface area contributed by atoms with Gasteiger partial charge in [0.2, 0.25) is 0 Å². The van der Waals surface area contributed by atoms with E-state index in [0.29, 0.717) is 28.1 Å². The third-order valence-electron chi connectivity index (χ3n) is 2.83. The smallest absolute Gasteiger partial charge is 0.185 e. The molecule has 0 fully saturated rings. The van der Waals surface area contributed by atoms with Crippen molar-refractivity contribution in [1.29, 1.82) is 5.26 Å². The van der Waals surface area contributed by atoms with E-state index in [4.69, 9.17) is 26.3 Å². The second-order valence-electron chi connectivity index (χ2n) is 4.12. The maximum atomic E-state index is 8.82. The number of methoxy groups -OCH3 is 2. The molecule has 1 N–H and O–H groups in total. The molecule has 0 amide bonds. The molecule has 0 spiro atoms. The van der Waals surface area contributed by atoms with Gasteiger partial charge in [0.1, 0.15) is 10.9 Å². The molecule has 0 aliphatic carbocycles. The lowest BCUT2D eigenvalue weighted by atomic mass is 10.1. The number of ether oxygens (including phenoxy) is 2. The van der Waals surface area contributed by atoms with Gasteiger partial charge < -0.3 is 14.8 Å². The fourth-order valence-electron chi connectivity index (χ4n) is 1.80. The molecule has 1 aromatic carbocycles. The van der Waals surface area contributed by atoms with Crippen LogP contribution in [-0.2, 0) is 6.42 Å². The summed E-state index contributed by atoms with van der Waals surface area (Å²) in [6.45, 7) is 0.685. The molecule has 2 aromatic rings. The van der Waals surface area contributed by atoms with Crippen LogP contribution in [0.2, 0.25) is 5.15 Å². The Morgan fingerprint density at radius 3 is 2.71 bits per heavy atom. The fourth-order valence-corrected chi connectivity index (χ4v) is 2.77. The summed E-state index contributed by atoms with van der Waals surface area (Å²) >= 11 is 7.07. The molecule has 0 bridgehead atoms. The van der Waals surface area contributed by atoms with Crippen LogP contribution >= 0.6 is 22.9 Å². The number of hydrogen-bond donors (Lipinski definition) is 1. The molecular formula is C14H14ClN3O2S. The van der Waals surface area contributed by atoms with E-state index in [1.807, 2.05) is 24.3 Å². The lowest BCUT2D eigenvalue weighted by molar-refractivity contribution is 0.354. The third-order valence-corrected chi connectivity index (χ3v) is 4.13. The van der Waals surface area contributed by atoms with Crippen LogP contribution in [0.1, 0.15) is 10.4 Å². The number of rotatable bonds is 6. The van der Waals surface area contributed by atoms with Crippen LogP contribution in [0.5, 0.6) is 11.5 Å². The Morgan fingerprint density at radius 2 is 2.10 bits per heavy atom. The Labute approximate surface area is 132 Å². The minimum absolute atomic E-state index is 0.246. The largest absolute Gasteiger partial charge is 0.493 e. The second kappa shape index (κ2) is 7.16. The van der Waals surface area contributed by atoms with Gasteiger partial charge >= 0.3 is 0 Å². The summed E-state index contributed by atoms with van der Waals surface area (Å²) in [7, 11) is 3.22. The van der Waals surface area contributed by atoms with Gasteiger partial charge in [0.05, 0.1) is 14.2 Å². The highest BCUT2D eigenvalue weighted by atomic mass is 35.5. The molecule has 0 unspecified atom stereocenters. The Bertz CT molecular complexity index is 667. The molecular weight excluding hydrogens is 310 g/mol. The van der Waals surface area contributed by atoms with Crippen LogP contribution in [0.3, 0.4) is 0 Å². The normalized spacial score (nSPS) is 10.0. The number of nitriles is 1. The summed E-state index contributed by atoms with van der Waals surface area (Å²) in [5.74, 6) is 1.42. The topological polar surface area (TPSA) is 67.2 Å². The van der Waals surface area contributed by atoms with Gasteiger partial charge in [-0.1, -0.05) is 29.0 Å². The van der Waals surface area contributed by atoms with Crippen molar-refractivity contribution in [2.24, 2.45) is 0 Å². The summed E-state index contributed by atoms with van der Waals surface area (Å²) in [6, 6.07) is 7.81. The highest BCUT2D eigenvalue weighted by Gasteiger charge is 2.08. The molecule has 0 saturated heterocycles. The van der Waals surface area contributed by atoms with Crippen LogP contribution in [0.4, 0.5) is 5.13 Å². The Hall–Kier alpha value is -1.97. The lowest BCUT2D eigenvalue weighted by Gasteiger charge is -2.09. The first-order valence-electron chi connectivity index (χ1n) is 6.19. The van der Waals surface area contributed by atoms with Crippen molar-refractivity contribution < 1.29 is 9.47 Å². The first kappa shape index (κ1) is 15.4. The molecule has 1 aromatic heterocycles. The molecule has 2 rings (SSSR count). The third kappa shape index (κ3) is 3.78. The van der Waals surface area contributed by atoms with Gasteiger partial charge in [-0.2, -0.15) is 5.26 Å². The zero-order chi connectivity index (χ0) is 15.2. The zero-order valence-corrected chi connectivity index (χ0v) is 13.2. The molecule has 0 aliphatic rings. The maximum absolute atomic E-state index is 8.82. The molecule has 0 atom stereocenters. The molecule has 1 heterocycles. The highest BCUT2D eigenvalue weighted by Crippen LogP contribution is 2.28. The Morgan fingerprint density at radius 1 is 1.33 bits per heavy atom. The monoisotopic (exact) mass is 323 g/mol. The van der Waals surface area contributed by atoms with Crippen molar-refractivity contribution in [2.75, 3.05) is 26.1 Å². The minimum atomic E-state index is 0.246. The van der Waals surface area contributed by atoms with Gasteiger partial charge in [0.25, 0.3) is 0 Å². The first-order chi connectivity index (χ1) is 10.2. The number of halogens is 1. The summed E-state index contributed by atoms with van der Waals surface area (Å²) in [5.41, 5.74) is 1.11. The SMILES string of the molecule is COc1ccc(CCNc2nc(Cl)c(C#N)s2)cc1OC. The van der Waals surface area contributed by atoms with Crippen molar-refractivity contribution >= 4 is 28.1 Å². The van der Waals surface area contributed by atoms with Crippen molar-refractivity contribution in [2.45, 2.75) is 6.42 Å². The number of benzene rings is 1. The molecule has 0 aliphatic heterocycles. The average Bonchev–Trinajstić information content (AvgIpc) is 2.87. The molecule has 110 valence electrons. The lowest BCUT2D eigenvalue weighted by Crippen LogP contribution is -2.04. The zero-order valence-electron chi connectivity index (χ0n) is 11.6. The van der Waals surface area contributed by atoms with Gasteiger partial charge in [0, 0.05) is 6.54 Å². The number of thiazole rings is 1. The van der Waals surface area contributed by atoms with E-state index in [1.165, 1.54) is 11.3 Å². The summed E-state index contributed by atoms with van der Waals surface area (Å²) in [5, 5.41) is 12.9. The van der Waals surface area contributed by atoms with Crippen molar-refractivity contribution in [1.82, 2.24) is 4.98 Å². The van der Waals surface area contributed by atoms with Gasteiger partial charge in [-0.05, 0) is 24.1 Å². The van der Waals surface area contributed by atoms with Crippen molar-refractivity contribution in [3.05, 3.63) is 33.8 Å². The van der Waals surface area contributed by atoms with Crippen molar-refractivity contribution in [3.8, 4) is 17.6 Å². The van der Waals surface area contributed by atoms with Gasteiger partial charge in [0.15, 0.2) is 21.8 Å². The van der Waals surface area contributed by atoms with Gasteiger partial charge in [-0.3, -0.25) is 0 Å². The first-order valence-corrected chi connectivity index (χ1v) is 7.38. The summed E-state index contributed by atoms with van der Waals surface area (Å²) in [6.07, 6.45) is 0.791. The van der Waals surface area contributed by atoms with Crippen LogP contribution < -0.4 is 14.8 Å². The number of nitrogens with one attached hydrogen (secondary N) is 1. The summed E-state index contributed by atoms with van der Waals surface area (Å²) < 4.78 is 10.5. The molecule has 0 saturated carbocycles. The molecule has 7 heteroatoms. The maximum Gasteiger partial charge on any atom is 0.185 e.